The number of carbonyl (C=O) groups excluding carboxylic acids is 2. The summed E-state index contributed by atoms with van der Waals surface area (Å²) in [6.07, 6.45) is 3.14. The average Bonchev–Trinajstić information content (AvgIpc) is 2.68. The van der Waals surface area contributed by atoms with Gasteiger partial charge in [0.15, 0.2) is 5.78 Å². The number of amides is 1. The number of benzene rings is 2. The van der Waals surface area contributed by atoms with Gasteiger partial charge in [0.05, 0.1) is 6.04 Å². The molecule has 0 bridgehead atoms. The number of rotatable bonds is 5. The zero-order valence-corrected chi connectivity index (χ0v) is 15.2. The standard InChI is InChI=1S/C22H24N2O2/c1-16(22(26)23-21-10-6-9-20(15-21)17(2)25)24-13-11-19(12-14-24)18-7-4-3-5-8-18/h3-11,15-16H,12-14H2,1-2H3,(H,23,26)/t16-/m1/s1. The topological polar surface area (TPSA) is 49.4 Å². The van der Waals surface area contributed by atoms with Crippen LogP contribution in [0.1, 0.15) is 36.2 Å². The molecular formula is C22H24N2O2. The molecule has 0 fully saturated rings. The minimum absolute atomic E-state index is 0.0104. The molecule has 0 saturated carbocycles. The zero-order chi connectivity index (χ0) is 18.5. The first-order chi connectivity index (χ1) is 12.5. The van der Waals surface area contributed by atoms with Crippen molar-refractivity contribution in [2.45, 2.75) is 26.3 Å². The van der Waals surface area contributed by atoms with Gasteiger partial charge in [-0.05, 0) is 43.5 Å². The van der Waals surface area contributed by atoms with Crippen LogP contribution in [0.3, 0.4) is 0 Å². The van der Waals surface area contributed by atoms with Crippen LogP contribution in [0.4, 0.5) is 5.69 Å². The highest BCUT2D eigenvalue weighted by molar-refractivity contribution is 5.98. The third-order valence-electron chi connectivity index (χ3n) is 4.85. The van der Waals surface area contributed by atoms with Gasteiger partial charge >= 0.3 is 0 Å². The number of nitrogens with zero attached hydrogens (tertiary/aromatic N) is 1. The number of hydrogen-bond donors (Lipinski definition) is 1. The second-order valence-electron chi connectivity index (χ2n) is 6.64. The lowest BCUT2D eigenvalue weighted by Crippen LogP contribution is -2.44. The molecule has 134 valence electrons. The fourth-order valence-corrected chi connectivity index (χ4v) is 3.18. The Bertz CT molecular complexity index is 827. The van der Waals surface area contributed by atoms with Crippen molar-refractivity contribution >= 4 is 23.0 Å². The third-order valence-corrected chi connectivity index (χ3v) is 4.85. The van der Waals surface area contributed by atoms with Crippen LogP contribution in [0.25, 0.3) is 5.57 Å². The highest BCUT2D eigenvalue weighted by Crippen LogP contribution is 2.23. The van der Waals surface area contributed by atoms with E-state index < -0.39 is 0 Å². The molecule has 0 aromatic heterocycles. The number of Topliss-reactive ketones (excluding diaryl/α,β-unsaturated/α-hetero) is 1. The van der Waals surface area contributed by atoms with E-state index >= 15 is 0 Å². The summed E-state index contributed by atoms with van der Waals surface area (Å²) in [5.74, 6) is -0.0639. The summed E-state index contributed by atoms with van der Waals surface area (Å²) in [4.78, 5) is 26.2. The molecule has 0 aliphatic carbocycles. The summed E-state index contributed by atoms with van der Waals surface area (Å²) < 4.78 is 0. The van der Waals surface area contributed by atoms with Crippen molar-refractivity contribution in [3.8, 4) is 0 Å². The van der Waals surface area contributed by atoms with Gasteiger partial charge in [-0.2, -0.15) is 0 Å². The van der Waals surface area contributed by atoms with Gasteiger partial charge in [0, 0.05) is 24.3 Å². The lowest BCUT2D eigenvalue weighted by atomic mass is 9.99. The zero-order valence-electron chi connectivity index (χ0n) is 15.2. The molecule has 1 amide bonds. The third kappa shape index (κ3) is 4.27. The molecule has 3 rings (SSSR count). The lowest BCUT2D eigenvalue weighted by Gasteiger charge is -2.31. The molecule has 0 saturated heterocycles. The Labute approximate surface area is 154 Å². The molecule has 0 unspecified atom stereocenters. The molecular weight excluding hydrogens is 324 g/mol. The summed E-state index contributed by atoms with van der Waals surface area (Å²) >= 11 is 0. The van der Waals surface area contributed by atoms with E-state index in [1.54, 1.807) is 24.3 Å². The monoisotopic (exact) mass is 348 g/mol. The van der Waals surface area contributed by atoms with E-state index in [4.69, 9.17) is 0 Å². The van der Waals surface area contributed by atoms with E-state index in [1.165, 1.54) is 18.1 Å². The van der Waals surface area contributed by atoms with Gasteiger partial charge in [-0.25, -0.2) is 0 Å². The summed E-state index contributed by atoms with van der Waals surface area (Å²) in [5.41, 5.74) is 3.85. The number of hydrogen-bond acceptors (Lipinski definition) is 3. The predicted octanol–water partition coefficient (Wildman–Crippen LogP) is 4.01. The van der Waals surface area contributed by atoms with Crippen LogP contribution in [0.5, 0.6) is 0 Å². The Balaban J connectivity index is 1.62. The van der Waals surface area contributed by atoms with Gasteiger partial charge < -0.3 is 5.32 Å². The van der Waals surface area contributed by atoms with Gasteiger partial charge in [0.1, 0.15) is 0 Å². The normalized spacial score (nSPS) is 15.8. The van der Waals surface area contributed by atoms with E-state index in [1.807, 2.05) is 25.1 Å². The molecule has 0 spiro atoms. The van der Waals surface area contributed by atoms with Crippen molar-refractivity contribution in [1.29, 1.82) is 0 Å². The Morgan fingerprint density at radius 1 is 1.08 bits per heavy atom. The van der Waals surface area contributed by atoms with E-state index in [0.29, 0.717) is 11.3 Å². The summed E-state index contributed by atoms with van der Waals surface area (Å²) in [5, 5.41) is 2.92. The molecule has 26 heavy (non-hydrogen) atoms. The first kappa shape index (κ1) is 18.1. The maximum Gasteiger partial charge on any atom is 0.241 e. The Kier molecular flexibility index (Phi) is 5.64. The molecule has 1 aliphatic heterocycles. The number of ketones is 1. The van der Waals surface area contributed by atoms with Crippen LogP contribution in [-0.4, -0.2) is 35.7 Å². The van der Waals surface area contributed by atoms with Crippen LogP contribution in [0.2, 0.25) is 0 Å². The van der Waals surface area contributed by atoms with Crippen molar-refractivity contribution < 1.29 is 9.59 Å². The van der Waals surface area contributed by atoms with Gasteiger partial charge in [0.2, 0.25) is 5.91 Å². The number of anilines is 1. The van der Waals surface area contributed by atoms with Crippen molar-refractivity contribution in [3.05, 3.63) is 71.8 Å². The van der Waals surface area contributed by atoms with Crippen molar-refractivity contribution in [2.24, 2.45) is 0 Å². The van der Waals surface area contributed by atoms with Crippen LogP contribution in [0, 0.1) is 0 Å². The van der Waals surface area contributed by atoms with Crippen molar-refractivity contribution in [3.63, 3.8) is 0 Å². The summed E-state index contributed by atoms with van der Waals surface area (Å²) in [6.45, 7) is 5.05. The quantitative estimate of drug-likeness (QED) is 0.831. The summed E-state index contributed by atoms with van der Waals surface area (Å²) in [7, 11) is 0. The SMILES string of the molecule is CC(=O)c1cccc(NC(=O)[C@@H](C)N2CC=C(c3ccccc3)CC2)c1. The van der Waals surface area contributed by atoms with E-state index in [9.17, 15) is 9.59 Å². The molecule has 2 aromatic carbocycles. The fraction of sp³-hybridized carbons (Fsp3) is 0.273. The van der Waals surface area contributed by atoms with E-state index in [0.717, 1.165) is 19.5 Å². The van der Waals surface area contributed by atoms with Crippen LogP contribution >= 0.6 is 0 Å². The maximum absolute atomic E-state index is 12.6. The first-order valence-electron chi connectivity index (χ1n) is 8.95. The van der Waals surface area contributed by atoms with Crippen LogP contribution in [0.15, 0.2) is 60.7 Å². The largest absolute Gasteiger partial charge is 0.325 e. The van der Waals surface area contributed by atoms with E-state index in [2.05, 4.69) is 28.4 Å². The molecule has 4 nitrogen and oxygen atoms in total. The van der Waals surface area contributed by atoms with E-state index in [-0.39, 0.29) is 17.7 Å². The molecule has 1 N–H and O–H groups in total. The highest BCUT2D eigenvalue weighted by Gasteiger charge is 2.23. The number of carbonyl (C=O) groups is 2. The lowest BCUT2D eigenvalue weighted by molar-refractivity contribution is -0.120. The predicted molar refractivity (Wildman–Crippen MR) is 105 cm³/mol. The number of nitrogens with one attached hydrogen (secondary N) is 1. The average molecular weight is 348 g/mol. The molecule has 4 heteroatoms. The molecule has 1 aliphatic rings. The second-order valence-corrected chi connectivity index (χ2v) is 6.64. The van der Waals surface area contributed by atoms with Crippen LogP contribution < -0.4 is 5.32 Å². The summed E-state index contributed by atoms with van der Waals surface area (Å²) in [6, 6.07) is 17.2. The minimum atomic E-state index is -0.232. The Morgan fingerprint density at radius 3 is 2.50 bits per heavy atom. The first-order valence-corrected chi connectivity index (χ1v) is 8.95. The molecule has 0 radical (unpaired) electrons. The maximum atomic E-state index is 12.6. The molecule has 1 atom stereocenters. The van der Waals surface area contributed by atoms with Gasteiger partial charge in [-0.3, -0.25) is 14.5 Å². The van der Waals surface area contributed by atoms with Crippen LogP contribution in [-0.2, 0) is 4.79 Å². The molecule has 2 aromatic rings. The molecule has 1 heterocycles. The van der Waals surface area contributed by atoms with Crippen molar-refractivity contribution in [2.75, 3.05) is 18.4 Å². The second kappa shape index (κ2) is 8.11. The van der Waals surface area contributed by atoms with Gasteiger partial charge in [-0.15, -0.1) is 0 Å². The Hall–Kier alpha value is -2.72. The minimum Gasteiger partial charge on any atom is -0.325 e. The van der Waals surface area contributed by atoms with Gasteiger partial charge in [0.25, 0.3) is 0 Å². The van der Waals surface area contributed by atoms with Crippen molar-refractivity contribution in [1.82, 2.24) is 4.90 Å². The smallest absolute Gasteiger partial charge is 0.241 e. The highest BCUT2D eigenvalue weighted by atomic mass is 16.2. The fourth-order valence-electron chi connectivity index (χ4n) is 3.18. The Morgan fingerprint density at radius 2 is 1.85 bits per heavy atom. The van der Waals surface area contributed by atoms with Gasteiger partial charge in [-0.1, -0.05) is 48.5 Å².